The number of carbonyl (C=O) groups is 2. The van der Waals surface area contributed by atoms with Gasteiger partial charge in [-0.1, -0.05) is 30.3 Å². The van der Waals surface area contributed by atoms with Crippen molar-refractivity contribution in [2.45, 2.75) is 0 Å². The standard InChI is InChI=1S/C25H22O6/c1-28-21-15-17(16-22(29-2)25(21)30-3)9-14-23(26)31-20-12-10-19(11-13-20)24(27)18-7-5-4-6-8-18/h4-16H,1-3H3/b14-9+. The number of rotatable bonds is 8. The Labute approximate surface area is 180 Å². The number of hydrogen-bond donors (Lipinski definition) is 0. The van der Waals surface area contributed by atoms with Gasteiger partial charge in [-0.25, -0.2) is 4.79 Å². The first-order valence-electron chi connectivity index (χ1n) is 9.45. The molecule has 3 aromatic carbocycles. The quantitative estimate of drug-likeness (QED) is 0.231. The fraction of sp³-hybridized carbons (Fsp3) is 0.120. The van der Waals surface area contributed by atoms with Gasteiger partial charge in [0.25, 0.3) is 0 Å². The predicted molar refractivity (Wildman–Crippen MR) is 117 cm³/mol. The van der Waals surface area contributed by atoms with Crippen LogP contribution in [0.15, 0.2) is 72.8 Å². The van der Waals surface area contributed by atoms with E-state index in [0.29, 0.717) is 39.7 Å². The van der Waals surface area contributed by atoms with Crippen molar-refractivity contribution in [1.29, 1.82) is 0 Å². The average molecular weight is 418 g/mol. The van der Waals surface area contributed by atoms with Crippen LogP contribution in [0.1, 0.15) is 21.5 Å². The molecule has 0 bridgehead atoms. The highest BCUT2D eigenvalue weighted by Gasteiger charge is 2.13. The topological polar surface area (TPSA) is 71.1 Å². The minimum atomic E-state index is -0.559. The summed E-state index contributed by atoms with van der Waals surface area (Å²) in [6.45, 7) is 0. The van der Waals surface area contributed by atoms with Crippen molar-refractivity contribution in [3.63, 3.8) is 0 Å². The predicted octanol–water partition coefficient (Wildman–Crippen LogP) is 4.56. The van der Waals surface area contributed by atoms with E-state index < -0.39 is 5.97 Å². The fourth-order valence-corrected chi connectivity index (χ4v) is 2.94. The Morgan fingerprint density at radius 1 is 0.742 bits per heavy atom. The lowest BCUT2D eigenvalue weighted by molar-refractivity contribution is -0.128. The van der Waals surface area contributed by atoms with Crippen molar-refractivity contribution < 1.29 is 28.5 Å². The first-order chi connectivity index (χ1) is 15.0. The normalized spacial score (nSPS) is 10.5. The van der Waals surface area contributed by atoms with E-state index in [1.165, 1.54) is 27.4 Å². The number of carbonyl (C=O) groups excluding carboxylic acids is 2. The van der Waals surface area contributed by atoms with Gasteiger partial charge >= 0.3 is 5.97 Å². The van der Waals surface area contributed by atoms with Crippen LogP contribution < -0.4 is 18.9 Å². The summed E-state index contributed by atoms with van der Waals surface area (Å²) in [5.74, 6) is 1.11. The monoisotopic (exact) mass is 418 g/mol. The summed E-state index contributed by atoms with van der Waals surface area (Å²) in [6, 6.07) is 18.8. The molecule has 0 heterocycles. The van der Waals surface area contributed by atoms with E-state index in [4.69, 9.17) is 18.9 Å². The summed E-state index contributed by atoms with van der Waals surface area (Å²) < 4.78 is 21.2. The molecular weight excluding hydrogens is 396 g/mol. The van der Waals surface area contributed by atoms with Gasteiger partial charge < -0.3 is 18.9 Å². The molecule has 0 fully saturated rings. The second-order valence-electron chi connectivity index (χ2n) is 6.43. The zero-order valence-electron chi connectivity index (χ0n) is 17.5. The average Bonchev–Trinajstić information content (AvgIpc) is 2.82. The molecule has 0 aliphatic rings. The summed E-state index contributed by atoms with van der Waals surface area (Å²) in [4.78, 5) is 24.6. The van der Waals surface area contributed by atoms with Crippen molar-refractivity contribution >= 4 is 17.8 Å². The Bertz CT molecular complexity index is 1060. The van der Waals surface area contributed by atoms with E-state index in [0.717, 1.165) is 0 Å². The Hall–Kier alpha value is -4.06. The number of methoxy groups -OCH3 is 3. The number of ketones is 1. The van der Waals surface area contributed by atoms with Crippen molar-refractivity contribution in [2.24, 2.45) is 0 Å². The van der Waals surface area contributed by atoms with E-state index in [1.54, 1.807) is 54.6 Å². The summed E-state index contributed by atoms with van der Waals surface area (Å²) in [5.41, 5.74) is 1.79. The van der Waals surface area contributed by atoms with Crippen molar-refractivity contribution in [2.75, 3.05) is 21.3 Å². The van der Waals surface area contributed by atoms with Crippen LogP contribution in [0, 0.1) is 0 Å². The summed E-state index contributed by atoms with van der Waals surface area (Å²) >= 11 is 0. The molecule has 158 valence electrons. The van der Waals surface area contributed by atoms with Crippen LogP contribution >= 0.6 is 0 Å². The van der Waals surface area contributed by atoms with Crippen LogP contribution in [0.5, 0.6) is 23.0 Å². The van der Waals surface area contributed by atoms with Gasteiger partial charge in [-0.05, 0) is 48.0 Å². The Morgan fingerprint density at radius 2 is 1.32 bits per heavy atom. The lowest BCUT2D eigenvalue weighted by Gasteiger charge is -2.12. The SMILES string of the molecule is COc1cc(/C=C/C(=O)Oc2ccc(C(=O)c3ccccc3)cc2)cc(OC)c1OC. The molecular formula is C25H22O6. The second kappa shape index (κ2) is 10.1. The molecule has 0 N–H and O–H groups in total. The van der Waals surface area contributed by atoms with E-state index in [-0.39, 0.29) is 5.78 Å². The van der Waals surface area contributed by atoms with Crippen LogP contribution in [0.2, 0.25) is 0 Å². The maximum Gasteiger partial charge on any atom is 0.336 e. The Balaban J connectivity index is 1.68. The van der Waals surface area contributed by atoms with Gasteiger partial charge in [0.2, 0.25) is 5.75 Å². The van der Waals surface area contributed by atoms with Gasteiger partial charge in [-0.15, -0.1) is 0 Å². The summed E-state index contributed by atoms with van der Waals surface area (Å²) in [6.07, 6.45) is 2.88. The zero-order chi connectivity index (χ0) is 22.2. The lowest BCUT2D eigenvalue weighted by atomic mass is 10.0. The molecule has 0 saturated carbocycles. The maximum atomic E-state index is 12.4. The van der Waals surface area contributed by atoms with Gasteiger partial charge in [0.05, 0.1) is 21.3 Å². The molecule has 3 aromatic rings. The van der Waals surface area contributed by atoms with Gasteiger partial charge in [0.1, 0.15) is 5.75 Å². The summed E-state index contributed by atoms with van der Waals surface area (Å²) in [7, 11) is 4.56. The van der Waals surface area contributed by atoms with Gasteiger partial charge in [0, 0.05) is 17.2 Å². The minimum absolute atomic E-state index is 0.0965. The molecule has 6 heteroatoms. The van der Waals surface area contributed by atoms with Gasteiger partial charge in [-0.2, -0.15) is 0 Å². The van der Waals surface area contributed by atoms with E-state index in [2.05, 4.69) is 0 Å². The molecule has 3 rings (SSSR count). The highest BCUT2D eigenvalue weighted by Crippen LogP contribution is 2.38. The molecule has 0 spiro atoms. The molecule has 0 atom stereocenters. The highest BCUT2D eigenvalue weighted by molar-refractivity contribution is 6.09. The molecule has 0 aromatic heterocycles. The van der Waals surface area contributed by atoms with Crippen LogP contribution in [0.25, 0.3) is 6.08 Å². The van der Waals surface area contributed by atoms with Crippen LogP contribution in [0.3, 0.4) is 0 Å². The van der Waals surface area contributed by atoms with E-state index in [1.807, 2.05) is 18.2 Å². The van der Waals surface area contributed by atoms with Gasteiger partial charge in [0.15, 0.2) is 17.3 Å². The lowest BCUT2D eigenvalue weighted by Crippen LogP contribution is -2.05. The summed E-state index contributed by atoms with van der Waals surface area (Å²) in [5, 5.41) is 0. The maximum absolute atomic E-state index is 12.4. The molecule has 6 nitrogen and oxygen atoms in total. The van der Waals surface area contributed by atoms with Crippen LogP contribution in [-0.4, -0.2) is 33.1 Å². The van der Waals surface area contributed by atoms with Crippen LogP contribution in [0.4, 0.5) is 0 Å². The third-order valence-corrected chi connectivity index (χ3v) is 4.47. The smallest absolute Gasteiger partial charge is 0.336 e. The number of hydrogen-bond acceptors (Lipinski definition) is 6. The minimum Gasteiger partial charge on any atom is -0.493 e. The Morgan fingerprint density at radius 3 is 1.87 bits per heavy atom. The molecule has 31 heavy (non-hydrogen) atoms. The number of ether oxygens (including phenoxy) is 4. The third kappa shape index (κ3) is 5.30. The number of benzene rings is 3. The van der Waals surface area contributed by atoms with Crippen molar-refractivity contribution in [3.8, 4) is 23.0 Å². The molecule has 0 amide bonds. The number of esters is 1. The Kier molecular flexibility index (Phi) is 7.06. The third-order valence-electron chi connectivity index (χ3n) is 4.47. The van der Waals surface area contributed by atoms with Crippen LogP contribution in [-0.2, 0) is 4.79 Å². The van der Waals surface area contributed by atoms with E-state index in [9.17, 15) is 9.59 Å². The molecule has 0 saturated heterocycles. The van der Waals surface area contributed by atoms with E-state index >= 15 is 0 Å². The van der Waals surface area contributed by atoms with Gasteiger partial charge in [-0.3, -0.25) is 4.79 Å². The second-order valence-corrected chi connectivity index (χ2v) is 6.43. The molecule has 0 unspecified atom stereocenters. The molecule has 0 aliphatic carbocycles. The highest BCUT2D eigenvalue weighted by atomic mass is 16.5. The van der Waals surface area contributed by atoms with Crippen molar-refractivity contribution in [3.05, 3.63) is 89.5 Å². The fourth-order valence-electron chi connectivity index (χ4n) is 2.94. The van der Waals surface area contributed by atoms with Crippen molar-refractivity contribution in [1.82, 2.24) is 0 Å². The first kappa shape index (κ1) is 21.6. The molecule has 0 aliphatic heterocycles. The molecule has 0 radical (unpaired) electrons. The largest absolute Gasteiger partial charge is 0.493 e. The zero-order valence-corrected chi connectivity index (χ0v) is 17.5. The first-order valence-corrected chi connectivity index (χ1v) is 9.45.